The Balaban J connectivity index is 2.50. The van der Waals surface area contributed by atoms with Crippen LogP contribution in [0.25, 0.3) is 0 Å². The van der Waals surface area contributed by atoms with Crippen molar-refractivity contribution in [1.82, 2.24) is 5.32 Å². The Morgan fingerprint density at radius 3 is 3.00 bits per heavy atom. The van der Waals surface area contributed by atoms with E-state index in [9.17, 15) is 0 Å². The van der Waals surface area contributed by atoms with E-state index in [1.807, 2.05) is 25.3 Å². The van der Waals surface area contributed by atoms with E-state index in [0.29, 0.717) is 13.2 Å². The molecule has 0 aromatic heterocycles. The SMILES string of the molecule is CCOC1=CC=CN[C]1COC. The third-order valence-corrected chi connectivity index (χ3v) is 1.49. The molecule has 1 rings (SSSR count). The van der Waals surface area contributed by atoms with E-state index in [-0.39, 0.29) is 0 Å². The second kappa shape index (κ2) is 4.83. The molecule has 0 bridgehead atoms. The van der Waals surface area contributed by atoms with E-state index < -0.39 is 0 Å². The molecule has 12 heavy (non-hydrogen) atoms. The average molecular weight is 168 g/mol. The summed E-state index contributed by atoms with van der Waals surface area (Å²) < 4.78 is 10.4. The third-order valence-electron chi connectivity index (χ3n) is 1.49. The molecule has 0 saturated carbocycles. The zero-order chi connectivity index (χ0) is 8.81. The highest BCUT2D eigenvalue weighted by molar-refractivity contribution is 5.27. The molecule has 1 aliphatic heterocycles. The van der Waals surface area contributed by atoms with Crippen molar-refractivity contribution in [2.75, 3.05) is 20.3 Å². The molecule has 3 nitrogen and oxygen atoms in total. The van der Waals surface area contributed by atoms with Crippen LogP contribution < -0.4 is 5.32 Å². The Kier molecular flexibility index (Phi) is 3.67. The maximum absolute atomic E-state index is 5.38. The number of methoxy groups -OCH3 is 1. The smallest absolute Gasteiger partial charge is 0.151 e. The number of hydrogen-bond donors (Lipinski definition) is 1. The predicted octanol–water partition coefficient (Wildman–Crippen LogP) is 1.20. The Morgan fingerprint density at radius 2 is 2.33 bits per heavy atom. The van der Waals surface area contributed by atoms with Gasteiger partial charge in [0, 0.05) is 7.11 Å². The normalized spacial score (nSPS) is 17.0. The molecule has 67 valence electrons. The minimum atomic E-state index is 0.552. The fraction of sp³-hybridized carbons (Fsp3) is 0.444. The van der Waals surface area contributed by atoms with Gasteiger partial charge in [0.2, 0.25) is 0 Å². The van der Waals surface area contributed by atoms with Gasteiger partial charge in [-0.2, -0.15) is 0 Å². The molecule has 1 heterocycles. The number of rotatable bonds is 4. The van der Waals surface area contributed by atoms with E-state index in [0.717, 1.165) is 11.8 Å². The van der Waals surface area contributed by atoms with Crippen LogP contribution >= 0.6 is 0 Å². The quantitative estimate of drug-likeness (QED) is 0.684. The Labute approximate surface area is 73.1 Å². The van der Waals surface area contributed by atoms with Crippen molar-refractivity contribution in [2.45, 2.75) is 6.92 Å². The van der Waals surface area contributed by atoms with Gasteiger partial charge in [0.1, 0.15) is 5.76 Å². The number of allylic oxidation sites excluding steroid dienone is 2. The summed E-state index contributed by atoms with van der Waals surface area (Å²) in [5, 5.41) is 3.07. The van der Waals surface area contributed by atoms with Gasteiger partial charge >= 0.3 is 0 Å². The number of dihydropyridines is 1. The van der Waals surface area contributed by atoms with Gasteiger partial charge in [-0.1, -0.05) is 0 Å². The molecule has 1 aliphatic rings. The molecule has 0 fully saturated rings. The first-order valence-corrected chi connectivity index (χ1v) is 3.99. The second-order valence-electron chi connectivity index (χ2n) is 2.38. The lowest BCUT2D eigenvalue weighted by atomic mass is 10.2. The highest BCUT2D eigenvalue weighted by atomic mass is 16.5. The monoisotopic (exact) mass is 168 g/mol. The summed E-state index contributed by atoms with van der Waals surface area (Å²) >= 11 is 0. The molecular weight excluding hydrogens is 154 g/mol. The van der Waals surface area contributed by atoms with Crippen molar-refractivity contribution in [3.8, 4) is 0 Å². The number of ether oxygens (including phenoxy) is 2. The molecule has 0 unspecified atom stereocenters. The van der Waals surface area contributed by atoms with Crippen LogP contribution in [0.5, 0.6) is 0 Å². The summed E-state index contributed by atoms with van der Waals surface area (Å²) in [6.45, 7) is 3.19. The van der Waals surface area contributed by atoms with Crippen LogP contribution in [0.2, 0.25) is 0 Å². The summed E-state index contributed by atoms with van der Waals surface area (Å²) in [5.74, 6) is 0.863. The van der Waals surface area contributed by atoms with Crippen LogP contribution in [0.4, 0.5) is 0 Å². The first kappa shape index (κ1) is 9.13. The van der Waals surface area contributed by atoms with E-state index in [2.05, 4.69) is 5.32 Å². The number of nitrogens with one attached hydrogen (secondary N) is 1. The standard InChI is InChI=1S/C9H14NO2/c1-3-12-9-5-4-6-10-8(9)7-11-2/h4-6,10H,3,7H2,1-2H3. The molecule has 0 saturated heterocycles. The van der Waals surface area contributed by atoms with E-state index in [1.54, 1.807) is 7.11 Å². The lowest BCUT2D eigenvalue weighted by Crippen LogP contribution is -2.25. The summed E-state index contributed by atoms with van der Waals surface area (Å²) in [7, 11) is 1.66. The molecule has 0 aromatic rings. The molecule has 0 atom stereocenters. The van der Waals surface area contributed by atoms with Gasteiger partial charge in [-0.3, -0.25) is 0 Å². The van der Waals surface area contributed by atoms with Gasteiger partial charge in [-0.15, -0.1) is 0 Å². The van der Waals surface area contributed by atoms with Gasteiger partial charge in [0.15, 0.2) is 6.04 Å². The van der Waals surface area contributed by atoms with Crippen molar-refractivity contribution < 1.29 is 9.47 Å². The largest absolute Gasteiger partial charge is 0.496 e. The molecule has 1 N–H and O–H groups in total. The van der Waals surface area contributed by atoms with Gasteiger partial charge < -0.3 is 14.8 Å². The third kappa shape index (κ3) is 2.27. The van der Waals surface area contributed by atoms with Gasteiger partial charge in [0.25, 0.3) is 0 Å². The van der Waals surface area contributed by atoms with E-state index >= 15 is 0 Å². The van der Waals surface area contributed by atoms with Crippen molar-refractivity contribution in [1.29, 1.82) is 0 Å². The maximum Gasteiger partial charge on any atom is 0.151 e. The van der Waals surface area contributed by atoms with Crippen LogP contribution in [0.1, 0.15) is 6.92 Å². The van der Waals surface area contributed by atoms with Crippen LogP contribution in [0, 0.1) is 6.04 Å². The van der Waals surface area contributed by atoms with Crippen LogP contribution in [-0.4, -0.2) is 20.3 Å². The molecular formula is C9H14NO2. The van der Waals surface area contributed by atoms with Crippen molar-refractivity contribution >= 4 is 0 Å². The summed E-state index contributed by atoms with van der Waals surface area (Å²) in [5.41, 5.74) is 0. The molecule has 3 heteroatoms. The lowest BCUT2D eigenvalue weighted by molar-refractivity contribution is 0.169. The van der Waals surface area contributed by atoms with Crippen molar-refractivity contribution in [3.05, 3.63) is 30.2 Å². The zero-order valence-corrected chi connectivity index (χ0v) is 7.46. The van der Waals surface area contributed by atoms with Crippen molar-refractivity contribution in [3.63, 3.8) is 0 Å². The fourth-order valence-electron chi connectivity index (χ4n) is 1.00. The van der Waals surface area contributed by atoms with Crippen LogP contribution in [0.3, 0.4) is 0 Å². The molecule has 0 spiro atoms. The summed E-state index contributed by atoms with van der Waals surface area (Å²) in [4.78, 5) is 0. The predicted molar refractivity (Wildman–Crippen MR) is 47.1 cm³/mol. The van der Waals surface area contributed by atoms with Crippen LogP contribution in [0.15, 0.2) is 24.1 Å². The first-order chi connectivity index (χ1) is 5.88. The second-order valence-corrected chi connectivity index (χ2v) is 2.38. The topological polar surface area (TPSA) is 30.5 Å². The maximum atomic E-state index is 5.38. The summed E-state index contributed by atoms with van der Waals surface area (Å²) in [6, 6.07) is 0.974. The van der Waals surface area contributed by atoms with Crippen LogP contribution in [-0.2, 0) is 9.47 Å². The Hall–Kier alpha value is -0.960. The van der Waals surface area contributed by atoms with Crippen molar-refractivity contribution in [2.24, 2.45) is 0 Å². The van der Waals surface area contributed by atoms with E-state index in [1.165, 1.54) is 0 Å². The van der Waals surface area contributed by atoms with Gasteiger partial charge in [-0.25, -0.2) is 0 Å². The van der Waals surface area contributed by atoms with Gasteiger partial charge in [-0.05, 0) is 25.3 Å². The highest BCUT2D eigenvalue weighted by Gasteiger charge is 2.16. The Morgan fingerprint density at radius 1 is 1.50 bits per heavy atom. The first-order valence-electron chi connectivity index (χ1n) is 3.99. The Bertz CT molecular complexity index is 187. The minimum Gasteiger partial charge on any atom is -0.496 e. The number of hydrogen-bond acceptors (Lipinski definition) is 3. The fourth-order valence-corrected chi connectivity index (χ4v) is 1.00. The molecule has 0 amide bonds. The average Bonchev–Trinajstić information content (AvgIpc) is 2.09. The molecule has 0 aromatic carbocycles. The highest BCUT2D eigenvalue weighted by Crippen LogP contribution is 2.15. The minimum absolute atomic E-state index is 0.552. The van der Waals surface area contributed by atoms with Gasteiger partial charge in [0.05, 0.1) is 13.2 Å². The molecule has 0 aliphatic carbocycles. The zero-order valence-electron chi connectivity index (χ0n) is 7.46. The summed E-state index contributed by atoms with van der Waals surface area (Å²) in [6.07, 6.45) is 5.69. The van der Waals surface area contributed by atoms with E-state index in [4.69, 9.17) is 9.47 Å². The lowest BCUT2D eigenvalue weighted by Gasteiger charge is -2.20. The molecule has 1 radical (unpaired) electrons.